The van der Waals surface area contributed by atoms with Gasteiger partial charge in [0.2, 0.25) is 10.0 Å². The van der Waals surface area contributed by atoms with E-state index in [1.807, 2.05) is 13.8 Å². The number of H-pyrrole nitrogens is 1. The average molecular weight is 429 g/mol. The van der Waals surface area contributed by atoms with Gasteiger partial charge in [-0.15, -0.1) is 0 Å². The smallest absolute Gasteiger partial charge is 0.277 e. The molecule has 2 rings (SSSR count). The zero-order chi connectivity index (χ0) is 18.6. The van der Waals surface area contributed by atoms with Crippen molar-refractivity contribution >= 4 is 43.2 Å². The van der Waals surface area contributed by atoms with Crippen LogP contribution < -0.4 is 10.0 Å². The van der Waals surface area contributed by atoms with Gasteiger partial charge in [-0.2, -0.15) is 5.10 Å². The van der Waals surface area contributed by atoms with E-state index in [-0.39, 0.29) is 23.3 Å². The number of halogens is 1. The summed E-state index contributed by atoms with van der Waals surface area (Å²) in [5.41, 5.74) is 2.13. The van der Waals surface area contributed by atoms with Crippen LogP contribution in [0.4, 0.5) is 11.4 Å². The molecule has 136 valence electrons. The summed E-state index contributed by atoms with van der Waals surface area (Å²) in [6.07, 6.45) is 0.542. The maximum absolute atomic E-state index is 12.3. The van der Waals surface area contributed by atoms with E-state index < -0.39 is 10.0 Å². The molecular formula is C16H21BrN4O3S. The number of hydrogen-bond donors (Lipinski definition) is 3. The molecule has 9 heteroatoms. The maximum Gasteiger partial charge on any atom is 0.277 e. The standard InChI is InChI=1S/C16H21BrN4O3S/c1-4-9-25(23,24)21-12-7-5-11(6-8-12)18-16(22)15-13(17)14(10(2)3)19-20-15/h5-8,10,21H,4,9H2,1-3H3,(H,18,22)(H,19,20). The molecule has 0 aliphatic rings. The molecule has 25 heavy (non-hydrogen) atoms. The van der Waals surface area contributed by atoms with Crippen molar-refractivity contribution in [3.63, 3.8) is 0 Å². The van der Waals surface area contributed by atoms with E-state index >= 15 is 0 Å². The summed E-state index contributed by atoms with van der Waals surface area (Å²) >= 11 is 3.39. The molecule has 0 saturated heterocycles. The lowest BCUT2D eigenvalue weighted by molar-refractivity contribution is 0.102. The Balaban J connectivity index is 2.07. The second kappa shape index (κ2) is 8.01. The lowest BCUT2D eigenvalue weighted by Crippen LogP contribution is -2.16. The minimum atomic E-state index is -3.33. The van der Waals surface area contributed by atoms with Gasteiger partial charge in [0.1, 0.15) is 0 Å². The Morgan fingerprint density at radius 1 is 1.24 bits per heavy atom. The minimum Gasteiger partial charge on any atom is -0.321 e. The van der Waals surface area contributed by atoms with Crippen LogP contribution in [0.1, 0.15) is 49.3 Å². The highest BCUT2D eigenvalue weighted by Gasteiger charge is 2.19. The molecule has 0 fully saturated rings. The van der Waals surface area contributed by atoms with E-state index in [0.717, 1.165) is 5.69 Å². The van der Waals surface area contributed by atoms with Crippen molar-refractivity contribution < 1.29 is 13.2 Å². The molecule has 3 N–H and O–H groups in total. The fraction of sp³-hybridized carbons (Fsp3) is 0.375. The summed E-state index contributed by atoms with van der Waals surface area (Å²) in [5.74, 6) is -0.0789. The van der Waals surface area contributed by atoms with Crippen LogP contribution >= 0.6 is 15.9 Å². The third-order valence-corrected chi connectivity index (χ3v) is 5.71. The maximum atomic E-state index is 12.3. The molecule has 0 aliphatic heterocycles. The van der Waals surface area contributed by atoms with E-state index in [4.69, 9.17) is 0 Å². The fourth-order valence-electron chi connectivity index (χ4n) is 2.19. The van der Waals surface area contributed by atoms with Gasteiger partial charge in [0.25, 0.3) is 5.91 Å². The number of rotatable bonds is 7. The van der Waals surface area contributed by atoms with Crippen molar-refractivity contribution in [3.05, 3.63) is 40.1 Å². The Bertz CT molecular complexity index is 845. The average Bonchev–Trinajstić information content (AvgIpc) is 2.90. The first-order valence-corrected chi connectivity index (χ1v) is 10.3. The van der Waals surface area contributed by atoms with Gasteiger partial charge < -0.3 is 5.32 Å². The van der Waals surface area contributed by atoms with Gasteiger partial charge in [0.15, 0.2) is 5.69 Å². The van der Waals surface area contributed by atoms with Gasteiger partial charge in [0.05, 0.1) is 15.9 Å². The van der Waals surface area contributed by atoms with Crippen molar-refractivity contribution in [1.29, 1.82) is 0 Å². The molecule has 1 aromatic carbocycles. The van der Waals surface area contributed by atoms with Gasteiger partial charge in [0, 0.05) is 11.4 Å². The molecule has 0 aliphatic carbocycles. The lowest BCUT2D eigenvalue weighted by Gasteiger charge is -2.08. The Labute approximate surface area is 155 Å². The second-order valence-corrected chi connectivity index (χ2v) is 8.54. The van der Waals surface area contributed by atoms with Crippen molar-refractivity contribution in [2.45, 2.75) is 33.1 Å². The number of aromatic nitrogens is 2. The topological polar surface area (TPSA) is 104 Å². The highest BCUT2D eigenvalue weighted by Crippen LogP contribution is 2.26. The predicted molar refractivity (Wildman–Crippen MR) is 102 cm³/mol. The van der Waals surface area contributed by atoms with Crippen LogP contribution in [0, 0.1) is 0 Å². The molecule has 0 bridgehead atoms. The largest absolute Gasteiger partial charge is 0.321 e. The van der Waals surface area contributed by atoms with Gasteiger partial charge in [-0.05, 0) is 52.5 Å². The molecule has 1 heterocycles. The second-order valence-electron chi connectivity index (χ2n) is 5.91. The lowest BCUT2D eigenvalue weighted by atomic mass is 10.1. The van der Waals surface area contributed by atoms with Crippen LogP contribution in [-0.2, 0) is 10.0 Å². The van der Waals surface area contributed by atoms with Crippen molar-refractivity contribution in [2.24, 2.45) is 0 Å². The summed E-state index contributed by atoms with van der Waals surface area (Å²) in [6.45, 7) is 5.80. The number of aromatic amines is 1. The van der Waals surface area contributed by atoms with Crippen LogP contribution in [-0.4, -0.2) is 30.3 Å². The van der Waals surface area contributed by atoms with Gasteiger partial charge in [-0.25, -0.2) is 8.42 Å². The number of sulfonamides is 1. The Morgan fingerprint density at radius 2 is 1.84 bits per heavy atom. The summed E-state index contributed by atoms with van der Waals surface area (Å²) in [7, 11) is -3.33. The molecule has 0 radical (unpaired) electrons. The molecular weight excluding hydrogens is 408 g/mol. The van der Waals surface area contributed by atoms with Crippen LogP contribution in [0.5, 0.6) is 0 Å². The Hall–Kier alpha value is -1.87. The first-order chi connectivity index (χ1) is 11.7. The minimum absolute atomic E-state index is 0.0663. The number of nitrogens with zero attached hydrogens (tertiary/aromatic N) is 1. The van der Waals surface area contributed by atoms with E-state index in [1.165, 1.54) is 0 Å². The molecule has 7 nitrogen and oxygen atoms in total. The van der Waals surface area contributed by atoms with Gasteiger partial charge >= 0.3 is 0 Å². The number of hydrogen-bond acceptors (Lipinski definition) is 4. The number of nitrogens with one attached hydrogen (secondary N) is 3. The summed E-state index contributed by atoms with van der Waals surface area (Å²) in [5, 5.41) is 9.63. The molecule has 0 atom stereocenters. The van der Waals surface area contributed by atoms with Crippen LogP contribution in [0.25, 0.3) is 0 Å². The quantitative estimate of drug-likeness (QED) is 0.624. The predicted octanol–water partition coefficient (Wildman–Crippen LogP) is 3.70. The SMILES string of the molecule is CCCS(=O)(=O)Nc1ccc(NC(=O)c2n[nH]c(C(C)C)c2Br)cc1. The van der Waals surface area contributed by atoms with Crippen LogP contribution in [0.3, 0.4) is 0 Å². The molecule has 1 aromatic heterocycles. The van der Waals surface area contributed by atoms with Gasteiger partial charge in [-0.1, -0.05) is 20.8 Å². The first-order valence-electron chi connectivity index (χ1n) is 7.89. The summed E-state index contributed by atoms with van der Waals surface area (Å²) in [6, 6.07) is 6.46. The number of carbonyl (C=O) groups is 1. The highest BCUT2D eigenvalue weighted by molar-refractivity contribution is 9.10. The number of anilines is 2. The van der Waals surface area contributed by atoms with E-state index in [0.29, 0.717) is 22.3 Å². The zero-order valence-electron chi connectivity index (χ0n) is 14.3. The highest BCUT2D eigenvalue weighted by atomic mass is 79.9. The van der Waals surface area contributed by atoms with E-state index in [9.17, 15) is 13.2 Å². The summed E-state index contributed by atoms with van der Waals surface area (Å²) in [4.78, 5) is 12.3. The fourth-order valence-corrected chi connectivity index (χ4v) is 4.14. The third-order valence-electron chi connectivity index (χ3n) is 3.41. The summed E-state index contributed by atoms with van der Waals surface area (Å²) < 4.78 is 26.6. The monoisotopic (exact) mass is 428 g/mol. The van der Waals surface area contributed by atoms with Crippen LogP contribution in [0.15, 0.2) is 28.7 Å². The Kier molecular flexibility index (Phi) is 6.23. The van der Waals surface area contributed by atoms with E-state index in [2.05, 4.69) is 36.2 Å². The third kappa shape index (κ3) is 5.05. The van der Waals surface area contributed by atoms with E-state index in [1.54, 1.807) is 31.2 Å². The molecule has 1 amide bonds. The number of amides is 1. The van der Waals surface area contributed by atoms with Crippen molar-refractivity contribution in [3.8, 4) is 0 Å². The van der Waals surface area contributed by atoms with Crippen molar-refractivity contribution in [1.82, 2.24) is 10.2 Å². The Morgan fingerprint density at radius 3 is 2.36 bits per heavy atom. The van der Waals surface area contributed by atoms with Gasteiger partial charge in [-0.3, -0.25) is 14.6 Å². The molecule has 2 aromatic rings. The molecule has 0 spiro atoms. The number of carbonyl (C=O) groups excluding carboxylic acids is 1. The number of benzene rings is 1. The zero-order valence-corrected chi connectivity index (χ0v) is 16.7. The van der Waals surface area contributed by atoms with Crippen LogP contribution in [0.2, 0.25) is 0 Å². The first kappa shape index (κ1) is 19.5. The van der Waals surface area contributed by atoms with Crippen molar-refractivity contribution in [2.75, 3.05) is 15.8 Å². The normalized spacial score (nSPS) is 11.6. The molecule has 0 saturated carbocycles. The molecule has 0 unspecified atom stereocenters.